The first-order valence-corrected chi connectivity index (χ1v) is 11.2. The van der Waals surface area contributed by atoms with Gasteiger partial charge in [-0.05, 0) is 67.8 Å². The standard InChI is InChI=1S/C24H22ClFN4O3.ClH/c1-2-33-24(32)21-18-7-9-29(20-11-15-13-27-8-6-14(15)10-19(20)26)23(31)22(18)30(28-21)17-5-3-4-16(25)12-17;/h3-5,10-12,27H,2,6-9,13H2,1H3;1H. The van der Waals surface area contributed by atoms with E-state index in [1.165, 1.54) is 15.6 Å². The van der Waals surface area contributed by atoms with Crippen LogP contribution in [-0.4, -0.2) is 41.4 Å². The highest BCUT2D eigenvalue weighted by atomic mass is 35.5. The molecule has 0 fully saturated rings. The smallest absolute Gasteiger partial charge is 0.359 e. The van der Waals surface area contributed by atoms with Gasteiger partial charge < -0.3 is 15.0 Å². The second-order valence-corrected chi connectivity index (χ2v) is 8.43. The molecule has 0 saturated heterocycles. The molecule has 0 spiro atoms. The molecule has 0 radical (unpaired) electrons. The molecule has 0 atom stereocenters. The number of carbonyl (C=O) groups is 2. The first-order valence-electron chi connectivity index (χ1n) is 10.9. The van der Waals surface area contributed by atoms with Gasteiger partial charge in [-0.2, -0.15) is 5.10 Å². The van der Waals surface area contributed by atoms with Crippen LogP contribution in [0.3, 0.4) is 0 Å². The third-order valence-electron chi connectivity index (χ3n) is 5.98. The molecule has 1 N–H and O–H groups in total. The zero-order valence-electron chi connectivity index (χ0n) is 18.4. The molecule has 3 heterocycles. The van der Waals surface area contributed by atoms with E-state index < -0.39 is 17.7 Å². The van der Waals surface area contributed by atoms with E-state index in [1.54, 1.807) is 37.3 Å². The van der Waals surface area contributed by atoms with Crippen LogP contribution in [0.4, 0.5) is 10.1 Å². The van der Waals surface area contributed by atoms with Crippen LogP contribution in [0.2, 0.25) is 5.02 Å². The van der Waals surface area contributed by atoms with Crippen molar-refractivity contribution in [3.05, 3.63) is 75.3 Å². The van der Waals surface area contributed by atoms with Crippen LogP contribution >= 0.6 is 24.0 Å². The van der Waals surface area contributed by atoms with Crippen molar-refractivity contribution in [2.24, 2.45) is 0 Å². The minimum Gasteiger partial charge on any atom is -0.461 e. The minimum atomic E-state index is -0.596. The number of halogens is 3. The number of rotatable bonds is 4. The van der Waals surface area contributed by atoms with Gasteiger partial charge in [-0.25, -0.2) is 13.9 Å². The van der Waals surface area contributed by atoms with Crippen molar-refractivity contribution in [2.45, 2.75) is 26.3 Å². The Morgan fingerprint density at radius 1 is 1.24 bits per heavy atom. The van der Waals surface area contributed by atoms with Gasteiger partial charge in [0.15, 0.2) is 5.69 Å². The van der Waals surface area contributed by atoms with Gasteiger partial charge in [0.25, 0.3) is 5.91 Å². The summed E-state index contributed by atoms with van der Waals surface area (Å²) in [6.45, 7) is 3.55. The molecule has 34 heavy (non-hydrogen) atoms. The van der Waals surface area contributed by atoms with Crippen molar-refractivity contribution in [2.75, 3.05) is 24.6 Å². The van der Waals surface area contributed by atoms with Crippen molar-refractivity contribution >= 4 is 41.6 Å². The first kappa shape index (κ1) is 24.2. The normalized spacial score (nSPS) is 14.8. The maximum absolute atomic E-state index is 15.1. The van der Waals surface area contributed by atoms with E-state index in [1.807, 2.05) is 0 Å². The summed E-state index contributed by atoms with van der Waals surface area (Å²) in [4.78, 5) is 27.7. The molecule has 2 aliphatic rings. The number of fused-ring (bicyclic) bond motifs is 2. The van der Waals surface area contributed by atoms with Crippen LogP contribution < -0.4 is 10.2 Å². The summed E-state index contributed by atoms with van der Waals surface area (Å²) < 4.78 is 21.7. The summed E-state index contributed by atoms with van der Waals surface area (Å²) in [5.74, 6) is -1.46. The molecule has 0 unspecified atom stereocenters. The number of carbonyl (C=O) groups excluding carboxylic acids is 2. The number of benzene rings is 2. The molecular weight excluding hydrogens is 482 g/mol. The van der Waals surface area contributed by atoms with E-state index in [0.717, 1.165) is 24.1 Å². The van der Waals surface area contributed by atoms with Gasteiger partial charge >= 0.3 is 5.97 Å². The first-order chi connectivity index (χ1) is 16.0. The van der Waals surface area contributed by atoms with Crippen LogP contribution in [0.25, 0.3) is 5.69 Å². The van der Waals surface area contributed by atoms with E-state index >= 15 is 4.39 Å². The molecule has 2 aromatic carbocycles. The van der Waals surface area contributed by atoms with Gasteiger partial charge in [0.05, 0.1) is 18.0 Å². The molecule has 0 aliphatic carbocycles. The number of ether oxygens (including phenoxy) is 1. The maximum Gasteiger partial charge on any atom is 0.359 e. The summed E-state index contributed by atoms with van der Waals surface area (Å²) in [7, 11) is 0. The van der Waals surface area contributed by atoms with Crippen LogP contribution in [0.5, 0.6) is 0 Å². The lowest BCUT2D eigenvalue weighted by atomic mass is 9.98. The van der Waals surface area contributed by atoms with E-state index in [4.69, 9.17) is 16.3 Å². The second kappa shape index (κ2) is 9.74. The van der Waals surface area contributed by atoms with E-state index in [-0.39, 0.29) is 42.6 Å². The van der Waals surface area contributed by atoms with Crippen LogP contribution in [-0.2, 0) is 24.1 Å². The molecule has 0 bridgehead atoms. The topological polar surface area (TPSA) is 76.5 Å². The Labute approximate surface area is 207 Å². The lowest BCUT2D eigenvalue weighted by Gasteiger charge is -2.29. The highest BCUT2D eigenvalue weighted by Gasteiger charge is 2.36. The average molecular weight is 505 g/mol. The molecule has 178 valence electrons. The zero-order valence-corrected chi connectivity index (χ0v) is 20.0. The van der Waals surface area contributed by atoms with Gasteiger partial charge in [0, 0.05) is 23.7 Å². The third-order valence-corrected chi connectivity index (χ3v) is 6.22. The number of nitrogens with zero attached hydrogens (tertiary/aromatic N) is 3. The van der Waals surface area contributed by atoms with Crippen LogP contribution in [0.15, 0.2) is 36.4 Å². The highest BCUT2D eigenvalue weighted by molar-refractivity contribution is 6.30. The van der Waals surface area contributed by atoms with E-state index in [9.17, 15) is 9.59 Å². The Bertz CT molecular complexity index is 1280. The molecule has 10 heteroatoms. The molecule has 3 aromatic rings. The van der Waals surface area contributed by atoms with Crippen molar-refractivity contribution in [3.63, 3.8) is 0 Å². The lowest BCUT2D eigenvalue weighted by molar-refractivity contribution is 0.0517. The Balaban J connectivity index is 0.00000274. The van der Waals surface area contributed by atoms with Crippen molar-refractivity contribution in [3.8, 4) is 5.69 Å². The minimum absolute atomic E-state index is 0. The fourth-order valence-corrected chi connectivity index (χ4v) is 4.63. The number of aromatic nitrogens is 2. The second-order valence-electron chi connectivity index (χ2n) is 7.99. The number of hydrogen-bond acceptors (Lipinski definition) is 5. The van der Waals surface area contributed by atoms with Crippen LogP contribution in [0.1, 0.15) is 44.6 Å². The van der Waals surface area contributed by atoms with Gasteiger partial charge in [0.2, 0.25) is 0 Å². The van der Waals surface area contributed by atoms with Gasteiger partial charge in [-0.3, -0.25) is 4.79 Å². The largest absolute Gasteiger partial charge is 0.461 e. The Kier molecular flexibility index (Phi) is 6.93. The predicted molar refractivity (Wildman–Crippen MR) is 129 cm³/mol. The van der Waals surface area contributed by atoms with Gasteiger partial charge in [-0.1, -0.05) is 17.7 Å². The summed E-state index contributed by atoms with van der Waals surface area (Å²) in [5.41, 5.74) is 3.48. The molecule has 0 saturated carbocycles. The fraction of sp³-hybridized carbons (Fsp3) is 0.292. The quantitative estimate of drug-likeness (QED) is 0.541. The third kappa shape index (κ3) is 4.17. The van der Waals surface area contributed by atoms with Gasteiger partial charge in [-0.15, -0.1) is 12.4 Å². The molecule has 5 rings (SSSR count). The molecule has 7 nitrogen and oxygen atoms in total. The molecule has 1 aromatic heterocycles. The van der Waals surface area contributed by atoms with E-state index in [0.29, 0.717) is 29.2 Å². The number of amides is 1. The SMILES string of the molecule is CCOC(=O)c1nn(-c2cccc(Cl)c2)c2c1CCN(c1cc3c(cc1F)CCNC3)C2=O.Cl. The summed E-state index contributed by atoms with van der Waals surface area (Å²) >= 11 is 6.16. The highest BCUT2D eigenvalue weighted by Crippen LogP contribution is 2.33. The fourth-order valence-electron chi connectivity index (χ4n) is 4.44. The maximum atomic E-state index is 15.1. The Morgan fingerprint density at radius 2 is 2.06 bits per heavy atom. The number of nitrogens with one attached hydrogen (secondary N) is 1. The van der Waals surface area contributed by atoms with Crippen molar-refractivity contribution < 1.29 is 18.7 Å². The van der Waals surface area contributed by atoms with Crippen molar-refractivity contribution in [1.82, 2.24) is 15.1 Å². The number of hydrogen-bond donors (Lipinski definition) is 1. The van der Waals surface area contributed by atoms with Crippen LogP contribution in [0, 0.1) is 5.82 Å². The predicted octanol–water partition coefficient (Wildman–Crippen LogP) is 4.11. The lowest BCUT2D eigenvalue weighted by Crippen LogP contribution is -2.40. The molecule has 2 aliphatic heterocycles. The Hall–Kier alpha value is -2.94. The zero-order chi connectivity index (χ0) is 23.1. The van der Waals surface area contributed by atoms with Gasteiger partial charge in [0.1, 0.15) is 11.5 Å². The molecular formula is C24H23Cl2FN4O3. The summed E-state index contributed by atoms with van der Waals surface area (Å²) in [6, 6.07) is 10.1. The molecule has 1 amide bonds. The monoisotopic (exact) mass is 504 g/mol. The number of esters is 1. The van der Waals surface area contributed by atoms with Crippen molar-refractivity contribution in [1.29, 1.82) is 0 Å². The summed E-state index contributed by atoms with van der Waals surface area (Å²) in [6.07, 6.45) is 1.08. The average Bonchev–Trinajstić information content (AvgIpc) is 3.20. The summed E-state index contributed by atoms with van der Waals surface area (Å²) in [5, 5.41) is 8.16. The number of anilines is 1. The Morgan fingerprint density at radius 3 is 2.82 bits per heavy atom. The van der Waals surface area contributed by atoms with E-state index in [2.05, 4.69) is 10.4 Å².